The summed E-state index contributed by atoms with van der Waals surface area (Å²) in [5, 5.41) is 0. The molecular formula is C14H13BrFNO3S. The Labute approximate surface area is 131 Å². The van der Waals surface area contributed by atoms with Gasteiger partial charge in [0.2, 0.25) is 10.0 Å². The quantitative estimate of drug-likeness (QED) is 0.792. The lowest BCUT2D eigenvalue weighted by Crippen LogP contribution is -2.28. The third-order valence-electron chi connectivity index (χ3n) is 2.60. The Morgan fingerprint density at radius 1 is 1.05 bits per heavy atom. The van der Waals surface area contributed by atoms with Gasteiger partial charge in [-0.15, -0.1) is 0 Å². The van der Waals surface area contributed by atoms with Crippen molar-refractivity contribution in [2.75, 3.05) is 13.2 Å². The topological polar surface area (TPSA) is 55.4 Å². The Bertz CT molecular complexity index is 687. The van der Waals surface area contributed by atoms with Gasteiger partial charge in [0.25, 0.3) is 0 Å². The summed E-state index contributed by atoms with van der Waals surface area (Å²) in [6.45, 7) is 0.275. The average molecular weight is 374 g/mol. The summed E-state index contributed by atoms with van der Waals surface area (Å²) in [4.78, 5) is 0.187. The normalized spacial score (nSPS) is 11.3. The predicted molar refractivity (Wildman–Crippen MR) is 81.2 cm³/mol. The molecule has 0 spiro atoms. The van der Waals surface area contributed by atoms with E-state index in [1.807, 2.05) is 0 Å². The second-order valence-electron chi connectivity index (χ2n) is 4.15. The third-order valence-corrected chi connectivity index (χ3v) is 4.61. The number of halogens is 2. The predicted octanol–water partition coefficient (Wildman–Crippen LogP) is 2.95. The van der Waals surface area contributed by atoms with Crippen LogP contribution in [0.5, 0.6) is 5.75 Å². The van der Waals surface area contributed by atoms with Gasteiger partial charge < -0.3 is 4.74 Å². The highest BCUT2D eigenvalue weighted by atomic mass is 79.9. The van der Waals surface area contributed by atoms with Gasteiger partial charge in [0.15, 0.2) is 0 Å². The van der Waals surface area contributed by atoms with Gasteiger partial charge in [0, 0.05) is 11.0 Å². The van der Waals surface area contributed by atoms with Crippen molar-refractivity contribution >= 4 is 26.0 Å². The summed E-state index contributed by atoms with van der Waals surface area (Å²) < 4.78 is 45.2. The first-order chi connectivity index (χ1) is 9.97. The van der Waals surface area contributed by atoms with E-state index >= 15 is 0 Å². The lowest BCUT2D eigenvalue weighted by Gasteiger charge is -2.08. The zero-order valence-corrected chi connectivity index (χ0v) is 13.3. The van der Waals surface area contributed by atoms with E-state index in [0.717, 1.165) is 4.47 Å². The van der Waals surface area contributed by atoms with Gasteiger partial charge in [0.05, 0.1) is 4.90 Å². The van der Waals surface area contributed by atoms with E-state index < -0.39 is 10.0 Å². The monoisotopic (exact) mass is 373 g/mol. The molecule has 2 aromatic carbocycles. The Kier molecular flexibility index (Phi) is 5.33. The number of rotatable bonds is 6. The van der Waals surface area contributed by atoms with Crippen molar-refractivity contribution < 1.29 is 17.5 Å². The van der Waals surface area contributed by atoms with E-state index in [2.05, 4.69) is 20.7 Å². The van der Waals surface area contributed by atoms with E-state index in [0.29, 0.717) is 5.75 Å². The molecule has 0 saturated carbocycles. The smallest absolute Gasteiger partial charge is 0.240 e. The first-order valence-corrected chi connectivity index (χ1v) is 8.38. The summed E-state index contributed by atoms with van der Waals surface area (Å²) in [6, 6.07) is 11.9. The van der Waals surface area contributed by atoms with Crippen LogP contribution >= 0.6 is 15.9 Å². The molecule has 21 heavy (non-hydrogen) atoms. The summed E-state index contributed by atoms with van der Waals surface area (Å²) in [7, 11) is -3.55. The highest BCUT2D eigenvalue weighted by Gasteiger charge is 2.12. The first kappa shape index (κ1) is 15.9. The molecule has 0 aliphatic heterocycles. The molecule has 0 heterocycles. The minimum Gasteiger partial charge on any atom is -0.492 e. The Morgan fingerprint density at radius 3 is 2.29 bits per heavy atom. The van der Waals surface area contributed by atoms with Crippen LogP contribution in [-0.4, -0.2) is 21.6 Å². The molecule has 7 heteroatoms. The lowest BCUT2D eigenvalue weighted by molar-refractivity contribution is 0.322. The van der Waals surface area contributed by atoms with Gasteiger partial charge in [-0.25, -0.2) is 17.5 Å². The number of hydrogen-bond donors (Lipinski definition) is 1. The van der Waals surface area contributed by atoms with Gasteiger partial charge in [-0.05, 0) is 48.5 Å². The van der Waals surface area contributed by atoms with Crippen LogP contribution in [0.4, 0.5) is 4.39 Å². The van der Waals surface area contributed by atoms with Crippen molar-refractivity contribution in [1.29, 1.82) is 0 Å². The standard InChI is InChI=1S/C14H13BrFNO3S/c15-11-1-7-14(8-2-11)21(18,19)17-9-10-20-13-5-3-12(16)4-6-13/h1-8,17H,9-10H2. The molecule has 0 unspecified atom stereocenters. The molecule has 0 atom stereocenters. The fraction of sp³-hybridized carbons (Fsp3) is 0.143. The molecule has 2 rings (SSSR count). The number of benzene rings is 2. The van der Waals surface area contributed by atoms with Gasteiger partial charge in [0.1, 0.15) is 18.2 Å². The maximum atomic E-state index is 12.7. The molecule has 2 aromatic rings. The second-order valence-corrected chi connectivity index (χ2v) is 6.84. The summed E-state index contributed by atoms with van der Waals surface area (Å²) in [5.41, 5.74) is 0. The lowest BCUT2D eigenvalue weighted by atomic mass is 10.3. The maximum Gasteiger partial charge on any atom is 0.240 e. The molecule has 0 bridgehead atoms. The fourth-order valence-electron chi connectivity index (χ4n) is 1.57. The van der Waals surface area contributed by atoms with E-state index in [1.54, 1.807) is 12.1 Å². The van der Waals surface area contributed by atoms with Crippen LogP contribution in [0.2, 0.25) is 0 Å². The van der Waals surface area contributed by atoms with Gasteiger partial charge in [-0.3, -0.25) is 0 Å². The van der Waals surface area contributed by atoms with Gasteiger partial charge >= 0.3 is 0 Å². The summed E-state index contributed by atoms with van der Waals surface area (Å²) in [6.07, 6.45) is 0. The third kappa shape index (κ3) is 4.80. The molecule has 0 radical (unpaired) electrons. The van der Waals surface area contributed by atoms with Crippen LogP contribution in [0.25, 0.3) is 0 Å². The van der Waals surface area contributed by atoms with Crippen LogP contribution in [0, 0.1) is 5.82 Å². The minimum atomic E-state index is -3.55. The maximum absolute atomic E-state index is 12.7. The van der Waals surface area contributed by atoms with E-state index in [4.69, 9.17) is 4.74 Å². The van der Waals surface area contributed by atoms with Crippen LogP contribution < -0.4 is 9.46 Å². The average Bonchev–Trinajstić information content (AvgIpc) is 2.46. The molecule has 0 aromatic heterocycles. The van der Waals surface area contributed by atoms with Crippen LogP contribution in [-0.2, 0) is 10.0 Å². The zero-order chi connectivity index (χ0) is 15.3. The molecular weight excluding hydrogens is 361 g/mol. The van der Waals surface area contributed by atoms with Crippen LogP contribution in [0.1, 0.15) is 0 Å². The van der Waals surface area contributed by atoms with Crippen LogP contribution in [0.15, 0.2) is 57.9 Å². The number of ether oxygens (including phenoxy) is 1. The Morgan fingerprint density at radius 2 is 1.67 bits per heavy atom. The second kappa shape index (κ2) is 7.02. The van der Waals surface area contributed by atoms with Crippen molar-refractivity contribution in [3.8, 4) is 5.75 Å². The molecule has 0 fully saturated rings. The van der Waals surface area contributed by atoms with Gasteiger partial charge in [-0.2, -0.15) is 0 Å². The minimum absolute atomic E-state index is 0.121. The molecule has 0 aliphatic rings. The first-order valence-electron chi connectivity index (χ1n) is 6.11. The van der Waals surface area contributed by atoms with Crippen molar-refractivity contribution in [3.63, 3.8) is 0 Å². The van der Waals surface area contributed by atoms with E-state index in [9.17, 15) is 12.8 Å². The molecule has 112 valence electrons. The fourth-order valence-corrected chi connectivity index (χ4v) is 2.85. The molecule has 1 N–H and O–H groups in total. The highest BCUT2D eigenvalue weighted by Crippen LogP contribution is 2.14. The SMILES string of the molecule is O=S(=O)(NCCOc1ccc(F)cc1)c1ccc(Br)cc1. The van der Waals surface area contributed by atoms with Crippen molar-refractivity contribution in [1.82, 2.24) is 4.72 Å². The zero-order valence-electron chi connectivity index (χ0n) is 10.9. The highest BCUT2D eigenvalue weighted by molar-refractivity contribution is 9.10. The largest absolute Gasteiger partial charge is 0.492 e. The summed E-state index contributed by atoms with van der Waals surface area (Å²) in [5.74, 6) is 0.137. The Hall–Kier alpha value is -1.44. The Balaban J connectivity index is 1.85. The molecule has 0 saturated heterocycles. The summed E-state index contributed by atoms with van der Waals surface area (Å²) >= 11 is 3.25. The van der Waals surface area contributed by atoms with E-state index in [-0.39, 0.29) is 23.9 Å². The number of sulfonamides is 1. The van der Waals surface area contributed by atoms with Crippen molar-refractivity contribution in [2.24, 2.45) is 0 Å². The van der Waals surface area contributed by atoms with Gasteiger partial charge in [-0.1, -0.05) is 15.9 Å². The number of hydrogen-bond acceptors (Lipinski definition) is 3. The van der Waals surface area contributed by atoms with E-state index in [1.165, 1.54) is 36.4 Å². The van der Waals surface area contributed by atoms with Crippen molar-refractivity contribution in [3.05, 3.63) is 58.8 Å². The molecule has 4 nitrogen and oxygen atoms in total. The van der Waals surface area contributed by atoms with Crippen LogP contribution in [0.3, 0.4) is 0 Å². The number of nitrogens with one attached hydrogen (secondary N) is 1. The van der Waals surface area contributed by atoms with Crippen molar-refractivity contribution in [2.45, 2.75) is 4.90 Å². The molecule has 0 amide bonds. The molecule has 0 aliphatic carbocycles.